The molecular weight excluding hydrogens is 424 g/mol. The van der Waals surface area contributed by atoms with Crippen LogP contribution in [0.25, 0.3) is 11.1 Å². The average molecular weight is 457 g/mol. The summed E-state index contributed by atoms with van der Waals surface area (Å²) in [5, 5.41) is 0. The van der Waals surface area contributed by atoms with Gasteiger partial charge in [-0.25, -0.2) is 13.1 Å². The van der Waals surface area contributed by atoms with E-state index in [4.69, 9.17) is 4.74 Å². The molecule has 2 atom stereocenters. The molecule has 172 valence electrons. The van der Waals surface area contributed by atoms with E-state index in [-0.39, 0.29) is 23.7 Å². The number of carbonyl (C=O) groups excluding carboxylic acids is 1. The molecule has 1 fully saturated rings. The van der Waals surface area contributed by atoms with Gasteiger partial charge in [0.05, 0.1) is 18.4 Å². The Kier molecular flexibility index (Phi) is 7.16. The third-order valence-corrected chi connectivity index (χ3v) is 7.86. The van der Waals surface area contributed by atoms with Crippen molar-refractivity contribution in [1.82, 2.24) is 9.62 Å². The molecule has 7 heteroatoms. The highest BCUT2D eigenvalue weighted by atomic mass is 32.2. The Bertz CT molecular complexity index is 1050. The van der Waals surface area contributed by atoms with Crippen molar-refractivity contribution in [3.8, 4) is 16.9 Å². The minimum absolute atomic E-state index is 0.0381. The van der Waals surface area contributed by atoms with E-state index in [2.05, 4.69) is 29.0 Å². The van der Waals surface area contributed by atoms with E-state index in [1.807, 2.05) is 29.2 Å². The summed E-state index contributed by atoms with van der Waals surface area (Å²) >= 11 is 0. The van der Waals surface area contributed by atoms with Gasteiger partial charge in [0.2, 0.25) is 15.9 Å². The fourth-order valence-electron chi connectivity index (χ4n) is 4.69. The highest BCUT2D eigenvalue weighted by Crippen LogP contribution is 2.32. The van der Waals surface area contributed by atoms with Crippen LogP contribution in [0.1, 0.15) is 44.6 Å². The second kappa shape index (κ2) is 10.0. The molecule has 4 rings (SSSR count). The van der Waals surface area contributed by atoms with Crippen LogP contribution in [0.3, 0.4) is 0 Å². The van der Waals surface area contributed by atoms with E-state index < -0.39 is 10.0 Å². The zero-order valence-electron chi connectivity index (χ0n) is 18.6. The number of para-hydroxylation sites is 1. The van der Waals surface area contributed by atoms with Crippen LogP contribution in [0.5, 0.6) is 5.75 Å². The molecule has 0 spiro atoms. The second-order valence-corrected chi connectivity index (χ2v) is 10.7. The molecule has 1 saturated heterocycles. The maximum Gasteiger partial charge on any atom is 0.222 e. The normalized spacial score (nSPS) is 22.3. The molecule has 2 aromatic carbocycles. The molecule has 0 radical (unpaired) electrons. The lowest BCUT2D eigenvalue weighted by Gasteiger charge is -2.29. The first-order valence-corrected chi connectivity index (χ1v) is 13.2. The number of rotatable bonds is 3. The Morgan fingerprint density at radius 3 is 2.78 bits per heavy atom. The minimum Gasteiger partial charge on any atom is -0.493 e. The van der Waals surface area contributed by atoms with Gasteiger partial charge in [0, 0.05) is 24.6 Å². The molecule has 1 amide bonds. The third kappa shape index (κ3) is 5.33. The molecule has 32 heavy (non-hydrogen) atoms. The molecule has 0 aromatic heterocycles. The van der Waals surface area contributed by atoms with Crippen molar-refractivity contribution in [2.24, 2.45) is 0 Å². The van der Waals surface area contributed by atoms with Gasteiger partial charge in [-0.1, -0.05) is 42.5 Å². The van der Waals surface area contributed by atoms with Gasteiger partial charge in [0.1, 0.15) is 5.75 Å². The van der Waals surface area contributed by atoms with Gasteiger partial charge in [-0.15, -0.1) is 0 Å². The fraction of sp³-hybridized carbons (Fsp3) is 0.480. The fourth-order valence-corrected chi connectivity index (χ4v) is 5.59. The van der Waals surface area contributed by atoms with E-state index in [0.29, 0.717) is 32.4 Å². The van der Waals surface area contributed by atoms with Crippen LogP contribution >= 0.6 is 0 Å². The molecule has 1 N–H and O–H groups in total. The van der Waals surface area contributed by atoms with Crippen LogP contribution in [0.15, 0.2) is 48.5 Å². The van der Waals surface area contributed by atoms with E-state index in [9.17, 15) is 13.2 Å². The molecule has 6 nitrogen and oxygen atoms in total. The van der Waals surface area contributed by atoms with Gasteiger partial charge in [-0.3, -0.25) is 4.79 Å². The largest absolute Gasteiger partial charge is 0.493 e. The Labute approximate surface area is 191 Å². The summed E-state index contributed by atoms with van der Waals surface area (Å²) in [5.74, 6) is 1.02. The van der Waals surface area contributed by atoms with Crippen LogP contribution in [0.4, 0.5) is 0 Å². The summed E-state index contributed by atoms with van der Waals surface area (Å²) in [6.45, 7) is 2.85. The Hall–Kier alpha value is -2.38. The highest BCUT2D eigenvalue weighted by molar-refractivity contribution is 7.89. The van der Waals surface area contributed by atoms with Gasteiger partial charge in [-0.05, 0) is 56.2 Å². The van der Waals surface area contributed by atoms with Crippen molar-refractivity contribution >= 4 is 15.9 Å². The molecule has 2 aliphatic heterocycles. The zero-order chi connectivity index (χ0) is 22.6. The standard InChI is InChI=1S/C25H32N2O4S/c1-2-32(29,30)26-22-14-15-27-23(22)18-19-9-8-10-20(17-19)21-11-5-6-12-24(21)31-16-7-3-4-13-25(27)28/h5-6,8-12,17,22-23,26H,2-4,7,13-16,18H2,1H3. The van der Waals surface area contributed by atoms with Crippen LogP contribution < -0.4 is 9.46 Å². The van der Waals surface area contributed by atoms with Crippen LogP contribution in [0, 0.1) is 0 Å². The first-order chi connectivity index (χ1) is 15.5. The molecule has 2 bridgehead atoms. The van der Waals surface area contributed by atoms with Crippen LogP contribution in [0.2, 0.25) is 0 Å². The van der Waals surface area contributed by atoms with Gasteiger partial charge in [0.15, 0.2) is 0 Å². The first-order valence-electron chi connectivity index (χ1n) is 11.6. The molecule has 2 aromatic rings. The monoisotopic (exact) mass is 456 g/mol. The number of ether oxygens (including phenoxy) is 1. The Morgan fingerprint density at radius 1 is 1.09 bits per heavy atom. The quantitative estimate of drug-likeness (QED) is 0.763. The van der Waals surface area contributed by atoms with Gasteiger partial charge < -0.3 is 9.64 Å². The number of hydrogen-bond acceptors (Lipinski definition) is 4. The van der Waals surface area contributed by atoms with Crippen molar-refractivity contribution in [2.75, 3.05) is 18.9 Å². The number of amides is 1. The Morgan fingerprint density at radius 2 is 1.94 bits per heavy atom. The molecule has 0 aliphatic carbocycles. The maximum atomic E-state index is 13.0. The first kappa shape index (κ1) is 22.8. The van der Waals surface area contributed by atoms with Crippen molar-refractivity contribution in [3.63, 3.8) is 0 Å². The van der Waals surface area contributed by atoms with E-state index in [0.717, 1.165) is 41.7 Å². The number of hydrogen-bond donors (Lipinski definition) is 1. The van der Waals surface area contributed by atoms with Gasteiger partial charge in [-0.2, -0.15) is 0 Å². The number of carbonyl (C=O) groups is 1. The zero-order valence-corrected chi connectivity index (χ0v) is 19.4. The van der Waals surface area contributed by atoms with Gasteiger partial charge in [0.25, 0.3) is 0 Å². The minimum atomic E-state index is -3.35. The number of sulfonamides is 1. The van der Waals surface area contributed by atoms with Crippen molar-refractivity contribution in [1.29, 1.82) is 0 Å². The molecular formula is C25H32N2O4S. The number of fused-ring (bicyclic) bond motifs is 5. The predicted molar refractivity (Wildman–Crippen MR) is 126 cm³/mol. The number of nitrogens with one attached hydrogen (secondary N) is 1. The number of benzene rings is 2. The summed E-state index contributed by atoms with van der Waals surface area (Å²) in [7, 11) is -3.35. The smallest absolute Gasteiger partial charge is 0.222 e. The lowest BCUT2D eigenvalue weighted by atomic mass is 9.96. The molecule has 0 saturated carbocycles. The van der Waals surface area contributed by atoms with Crippen LogP contribution in [-0.4, -0.2) is 50.2 Å². The third-order valence-electron chi connectivity index (χ3n) is 6.44. The lowest BCUT2D eigenvalue weighted by molar-refractivity contribution is -0.132. The summed E-state index contributed by atoms with van der Waals surface area (Å²) in [4.78, 5) is 14.9. The highest BCUT2D eigenvalue weighted by Gasteiger charge is 2.38. The topological polar surface area (TPSA) is 75.7 Å². The van der Waals surface area contributed by atoms with Crippen molar-refractivity contribution in [3.05, 3.63) is 54.1 Å². The van der Waals surface area contributed by atoms with Crippen LogP contribution in [-0.2, 0) is 21.2 Å². The number of nitrogens with zero attached hydrogens (tertiary/aromatic N) is 1. The van der Waals surface area contributed by atoms with E-state index in [1.165, 1.54) is 0 Å². The SMILES string of the molecule is CCS(=O)(=O)NC1CCN2C(=O)CCCCCOc3ccccc3-c3cccc(c3)CC12. The summed E-state index contributed by atoms with van der Waals surface area (Å²) in [5.41, 5.74) is 3.19. The molecule has 2 aliphatic rings. The maximum absolute atomic E-state index is 13.0. The second-order valence-electron chi connectivity index (χ2n) is 8.63. The Balaban J connectivity index is 1.68. The van der Waals surface area contributed by atoms with Crippen molar-refractivity contribution < 1.29 is 17.9 Å². The van der Waals surface area contributed by atoms with E-state index >= 15 is 0 Å². The molecule has 2 heterocycles. The molecule has 2 unspecified atom stereocenters. The average Bonchev–Trinajstić information content (AvgIpc) is 3.17. The van der Waals surface area contributed by atoms with Gasteiger partial charge >= 0.3 is 0 Å². The predicted octanol–water partition coefficient (Wildman–Crippen LogP) is 3.76. The van der Waals surface area contributed by atoms with Crippen molar-refractivity contribution in [2.45, 2.75) is 57.5 Å². The summed E-state index contributed by atoms with van der Waals surface area (Å²) in [6, 6.07) is 15.9. The van der Waals surface area contributed by atoms with E-state index in [1.54, 1.807) is 6.92 Å². The lowest BCUT2D eigenvalue weighted by Crippen LogP contribution is -2.48. The summed E-state index contributed by atoms with van der Waals surface area (Å²) in [6.07, 6.45) is 4.37. The summed E-state index contributed by atoms with van der Waals surface area (Å²) < 4.78 is 33.5.